The maximum Gasteiger partial charge on any atom is 0.201 e. The highest BCUT2D eigenvalue weighted by atomic mass is 28.4. The molecule has 0 fully saturated rings. The van der Waals surface area contributed by atoms with Crippen molar-refractivity contribution in [2.75, 3.05) is 0 Å². The van der Waals surface area contributed by atoms with Gasteiger partial charge in [-0.05, 0) is 42.5 Å². The van der Waals surface area contributed by atoms with Crippen LogP contribution < -0.4 is 0 Å². The highest BCUT2D eigenvalue weighted by Gasteiger charge is 2.46. The van der Waals surface area contributed by atoms with Crippen LogP contribution in [0.25, 0.3) is 0 Å². The summed E-state index contributed by atoms with van der Waals surface area (Å²) in [5, 5.41) is 0. The van der Waals surface area contributed by atoms with Crippen molar-refractivity contribution in [1.82, 2.24) is 0 Å². The van der Waals surface area contributed by atoms with Crippen molar-refractivity contribution in [3.63, 3.8) is 0 Å². The lowest BCUT2D eigenvalue weighted by atomic mass is 10.1. The molecule has 0 rings (SSSR count). The number of hydrogen-bond acceptors (Lipinski definition) is 1. The molecule has 0 bridgehead atoms. The van der Waals surface area contributed by atoms with Crippen molar-refractivity contribution in [2.45, 2.75) is 97.9 Å². The Morgan fingerprint density at radius 2 is 1.37 bits per heavy atom. The fourth-order valence-electron chi connectivity index (χ4n) is 3.66. The van der Waals surface area contributed by atoms with E-state index in [1.807, 2.05) is 0 Å². The average molecular weight is 285 g/mol. The van der Waals surface area contributed by atoms with Gasteiger partial charge in [-0.3, -0.25) is 0 Å². The summed E-state index contributed by atoms with van der Waals surface area (Å²) in [6, 6.07) is 0. The van der Waals surface area contributed by atoms with Gasteiger partial charge >= 0.3 is 0 Å². The quantitative estimate of drug-likeness (QED) is 0.374. The molecule has 1 atom stereocenters. The van der Waals surface area contributed by atoms with Crippen LogP contribution >= 0.6 is 0 Å². The summed E-state index contributed by atoms with van der Waals surface area (Å²) < 4.78 is 6.80. The molecule has 0 aromatic heterocycles. The summed E-state index contributed by atoms with van der Waals surface area (Å²) in [6.45, 7) is 20.8. The van der Waals surface area contributed by atoms with Crippen LogP contribution in [0, 0.1) is 0 Å². The van der Waals surface area contributed by atoms with Gasteiger partial charge in [0.2, 0.25) is 8.32 Å². The summed E-state index contributed by atoms with van der Waals surface area (Å²) in [6.07, 6.45) is 4.90. The first kappa shape index (κ1) is 18.9. The van der Waals surface area contributed by atoms with Gasteiger partial charge in [0.25, 0.3) is 0 Å². The Balaban J connectivity index is 5.22. The van der Waals surface area contributed by atoms with E-state index in [2.05, 4.69) is 68.4 Å². The van der Waals surface area contributed by atoms with Gasteiger partial charge in [0.1, 0.15) is 0 Å². The van der Waals surface area contributed by atoms with Gasteiger partial charge in [-0.1, -0.05) is 61.0 Å². The van der Waals surface area contributed by atoms with E-state index in [9.17, 15) is 0 Å². The smallest absolute Gasteiger partial charge is 0.201 e. The topological polar surface area (TPSA) is 9.23 Å². The summed E-state index contributed by atoms with van der Waals surface area (Å²) >= 11 is 0. The molecule has 1 unspecified atom stereocenters. The van der Waals surface area contributed by atoms with E-state index >= 15 is 0 Å². The Labute approximate surface area is 123 Å². The SMILES string of the molecule is C/C=C(\CCC)C(C)O[Si](C(C)C)(C(C)C)C(C)C. The minimum absolute atomic E-state index is 0.281. The van der Waals surface area contributed by atoms with E-state index in [1.165, 1.54) is 12.0 Å². The molecule has 0 saturated carbocycles. The Morgan fingerprint density at radius 3 is 1.63 bits per heavy atom. The maximum atomic E-state index is 6.80. The molecule has 0 radical (unpaired) electrons. The zero-order valence-electron chi connectivity index (χ0n) is 14.7. The Morgan fingerprint density at radius 1 is 0.947 bits per heavy atom. The van der Waals surface area contributed by atoms with E-state index < -0.39 is 8.32 Å². The minimum atomic E-state index is -1.74. The lowest BCUT2D eigenvalue weighted by molar-refractivity contribution is 0.219. The van der Waals surface area contributed by atoms with Gasteiger partial charge in [0.05, 0.1) is 6.10 Å². The van der Waals surface area contributed by atoms with Crippen LogP contribution in [0.2, 0.25) is 16.6 Å². The molecule has 0 N–H and O–H groups in total. The third-order valence-corrected chi connectivity index (χ3v) is 10.7. The molecule has 0 aliphatic carbocycles. The Hall–Kier alpha value is -0.0831. The van der Waals surface area contributed by atoms with E-state index in [1.54, 1.807) is 0 Å². The molecule has 114 valence electrons. The second-order valence-electron chi connectivity index (χ2n) is 6.69. The zero-order chi connectivity index (χ0) is 15.2. The van der Waals surface area contributed by atoms with Gasteiger partial charge in [0.15, 0.2) is 0 Å². The van der Waals surface area contributed by atoms with Crippen LogP contribution in [0.15, 0.2) is 11.6 Å². The highest BCUT2D eigenvalue weighted by molar-refractivity contribution is 6.77. The zero-order valence-corrected chi connectivity index (χ0v) is 15.7. The molecule has 0 saturated heterocycles. The monoisotopic (exact) mass is 284 g/mol. The van der Waals surface area contributed by atoms with E-state index in [4.69, 9.17) is 4.43 Å². The fraction of sp³-hybridized carbons (Fsp3) is 0.882. The molecule has 0 aromatic rings. The van der Waals surface area contributed by atoms with Gasteiger partial charge in [0, 0.05) is 0 Å². The maximum absolute atomic E-state index is 6.80. The molecule has 0 heterocycles. The largest absolute Gasteiger partial charge is 0.410 e. The van der Waals surface area contributed by atoms with Gasteiger partial charge in [-0.25, -0.2) is 0 Å². The molecule has 0 aliphatic rings. The molecule has 0 aliphatic heterocycles. The molecule has 0 amide bonds. The third-order valence-electron chi connectivity index (χ3n) is 4.52. The first-order valence-electron chi connectivity index (χ1n) is 8.06. The van der Waals surface area contributed by atoms with Crippen molar-refractivity contribution in [1.29, 1.82) is 0 Å². The standard InChI is InChI=1S/C17H36OSi/c1-10-12-17(11-2)16(9)18-19(13(3)4,14(5)6)15(7)8/h11,13-16H,10,12H2,1-9H3/b17-11+. The molecule has 2 heteroatoms. The lowest BCUT2D eigenvalue weighted by Gasteiger charge is -2.44. The average Bonchev–Trinajstić information content (AvgIpc) is 2.31. The number of rotatable bonds is 8. The summed E-state index contributed by atoms with van der Waals surface area (Å²) in [7, 11) is -1.74. The van der Waals surface area contributed by atoms with Gasteiger partial charge in [-0.2, -0.15) is 0 Å². The fourth-order valence-corrected chi connectivity index (χ4v) is 9.24. The molecule has 1 nitrogen and oxygen atoms in total. The van der Waals surface area contributed by atoms with Crippen LogP contribution in [-0.2, 0) is 4.43 Å². The summed E-state index contributed by atoms with van der Waals surface area (Å²) in [5.74, 6) is 0. The predicted molar refractivity (Wildman–Crippen MR) is 90.3 cm³/mol. The van der Waals surface area contributed by atoms with Gasteiger partial charge < -0.3 is 4.43 Å². The molecule has 0 aromatic carbocycles. The summed E-state index contributed by atoms with van der Waals surface area (Å²) in [5.41, 5.74) is 3.46. The molecular weight excluding hydrogens is 248 g/mol. The van der Waals surface area contributed by atoms with Crippen molar-refractivity contribution in [3.8, 4) is 0 Å². The predicted octanol–water partition coefficient (Wildman–Crippen LogP) is 6.31. The van der Waals surface area contributed by atoms with Crippen LogP contribution in [0.5, 0.6) is 0 Å². The highest BCUT2D eigenvalue weighted by Crippen LogP contribution is 2.43. The van der Waals surface area contributed by atoms with E-state index in [0.717, 1.165) is 6.42 Å². The van der Waals surface area contributed by atoms with E-state index in [0.29, 0.717) is 16.6 Å². The lowest BCUT2D eigenvalue weighted by Crippen LogP contribution is -2.50. The second-order valence-corrected chi connectivity index (χ2v) is 12.1. The van der Waals surface area contributed by atoms with Crippen molar-refractivity contribution in [3.05, 3.63) is 11.6 Å². The van der Waals surface area contributed by atoms with Crippen molar-refractivity contribution in [2.24, 2.45) is 0 Å². The minimum Gasteiger partial charge on any atom is -0.410 e. The van der Waals surface area contributed by atoms with Crippen LogP contribution in [0.1, 0.15) is 75.2 Å². The third kappa shape index (κ3) is 4.46. The molecule has 0 spiro atoms. The van der Waals surface area contributed by atoms with Crippen LogP contribution in [0.3, 0.4) is 0 Å². The number of allylic oxidation sites excluding steroid dienone is 1. The van der Waals surface area contributed by atoms with Crippen molar-refractivity contribution >= 4 is 8.32 Å². The Bertz CT molecular complexity index is 257. The normalized spacial score (nSPS) is 15.7. The first-order chi connectivity index (χ1) is 8.73. The second kappa shape index (κ2) is 8.26. The van der Waals surface area contributed by atoms with Gasteiger partial charge in [-0.15, -0.1) is 0 Å². The van der Waals surface area contributed by atoms with Crippen LogP contribution in [0.4, 0.5) is 0 Å². The van der Waals surface area contributed by atoms with Crippen LogP contribution in [-0.4, -0.2) is 14.4 Å². The van der Waals surface area contributed by atoms with E-state index in [-0.39, 0.29) is 6.10 Å². The first-order valence-corrected chi connectivity index (χ1v) is 10.2. The molecular formula is C17H36OSi. The number of hydrogen-bond donors (Lipinski definition) is 0. The summed E-state index contributed by atoms with van der Waals surface area (Å²) in [4.78, 5) is 0. The molecule has 19 heavy (non-hydrogen) atoms. The Kier molecular flexibility index (Phi) is 8.22. The van der Waals surface area contributed by atoms with Crippen molar-refractivity contribution < 1.29 is 4.43 Å².